The fourth-order valence-corrected chi connectivity index (χ4v) is 4.33. The lowest BCUT2D eigenvalue weighted by molar-refractivity contribution is -0.132. The molecule has 1 amide bonds. The molecule has 0 spiro atoms. The second-order valence-corrected chi connectivity index (χ2v) is 7.67. The second kappa shape index (κ2) is 8.46. The number of rotatable bonds is 5. The normalized spacial score (nSPS) is 23.6. The van der Waals surface area contributed by atoms with Gasteiger partial charge in [-0.15, -0.1) is 0 Å². The van der Waals surface area contributed by atoms with E-state index in [1.807, 2.05) is 18.0 Å². The van der Waals surface area contributed by atoms with Crippen molar-refractivity contribution in [1.29, 1.82) is 0 Å². The maximum Gasteiger partial charge on any atom is 0.236 e. The van der Waals surface area contributed by atoms with Crippen LogP contribution >= 0.6 is 0 Å². The van der Waals surface area contributed by atoms with Crippen LogP contribution in [0.25, 0.3) is 0 Å². The first kappa shape index (κ1) is 18.5. The van der Waals surface area contributed by atoms with Crippen molar-refractivity contribution in [2.24, 2.45) is 0 Å². The van der Waals surface area contributed by atoms with Gasteiger partial charge < -0.3 is 19.7 Å². The Morgan fingerprint density at radius 1 is 1.15 bits per heavy atom. The van der Waals surface area contributed by atoms with Crippen LogP contribution in [0.2, 0.25) is 0 Å². The van der Waals surface area contributed by atoms with Crippen LogP contribution in [0.5, 0.6) is 11.5 Å². The number of likely N-dealkylation sites (tertiary alicyclic amines) is 1. The molecule has 3 aliphatic rings. The van der Waals surface area contributed by atoms with E-state index in [4.69, 9.17) is 9.47 Å². The topological polar surface area (TPSA) is 57.3 Å². The van der Waals surface area contributed by atoms with Crippen LogP contribution in [0.4, 0.5) is 0 Å². The summed E-state index contributed by atoms with van der Waals surface area (Å²) >= 11 is 0. The summed E-state index contributed by atoms with van der Waals surface area (Å²) in [4.78, 5) is 19.3. The van der Waals surface area contributed by atoms with Gasteiger partial charge in [-0.05, 0) is 37.6 Å². The van der Waals surface area contributed by atoms with E-state index in [1.165, 1.54) is 12.0 Å². The first-order valence-corrected chi connectivity index (χ1v) is 10.0. The zero-order valence-corrected chi connectivity index (χ0v) is 16.2. The molecule has 0 aliphatic carbocycles. The van der Waals surface area contributed by atoms with Crippen molar-refractivity contribution in [3.05, 3.63) is 23.8 Å². The summed E-state index contributed by atoms with van der Waals surface area (Å²) < 4.78 is 10.9. The Bertz CT molecular complexity index is 661. The molecule has 1 aromatic carbocycles. The highest BCUT2D eigenvalue weighted by Crippen LogP contribution is 2.33. The number of ether oxygens (including phenoxy) is 2. The van der Waals surface area contributed by atoms with Crippen molar-refractivity contribution in [2.45, 2.75) is 25.4 Å². The number of carbonyl (C=O) groups excluding carboxylic acids is 1. The van der Waals surface area contributed by atoms with Gasteiger partial charge in [0.15, 0.2) is 11.5 Å². The summed E-state index contributed by atoms with van der Waals surface area (Å²) in [5.74, 6) is 1.93. The third kappa shape index (κ3) is 4.36. The average Bonchev–Trinajstić information content (AvgIpc) is 3.17. The number of fused-ring (bicyclic) bond motifs is 1. The Labute approximate surface area is 161 Å². The zero-order chi connectivity index (χ0) is 18.6. The number of hydrogen-bond acceptors (Lipinski definition) is 6. The Morgan fingerprint density at radius 3 is 2.78 bits per heavy atom. The Morgan fingerprint density at radius 2 is 1.96 bits per heavy atom. The van der Waals surface area contributed by atoms with Crippen molar-refractivity contribution in [1.82, 2.24) is 20.0 Å². The maximum absolute atomic E-state index is 12.2. The predicted molar refractivity (Wildman–Crippen MR) is 103 cm³/mol. The summed E-state index contributed by atoms with van der Waals surface area (Å²) in [7, 11) is 1.83. The number of nitrogens with one attached hydrogen (secondary N) is 1. The van der Waals surface area contributed by atoms with Gasteiger partial charge in [0.25, 0.3) is 0 Å². The SMILES string of the molecule is CNCC(=O)N1CCCC(N2CCN(Cc3ccc4c(c3)OCO4)CC2)C1. The van der Waals surface area contributed by atoms with Gasteiger partial charge in [0.05, 0.1) is 6.54 Å². The molecular formula is C20H30N4O3. The number of likely N-dealkylation sites (N-methyl/N-ethyl adjacent to an activating group) is 1. The number of nitrogens with zero attached hydrogens (tertiary/aromatic N) is 3. The van der Waals surface area contributed by atoms with Crippen LogP contribution in [0.3, 0.4) is 0 Å². The van der Waals surface area contributed by atoms with Gasteiger partial charge in [0.2, 0.25) is 12.7 Å². The lowest BCUT2D eigenvalue weighted by atomic mass is 10.0. The number of hydrogen-bond donors (Lipinski definition) is 1. The van der Waals surface area contributed by atoms with E-state index in [2.05, 4.69) is 27.2 Å². The summed E-state index contributed by atoms with van der Waals surface area (Å²) in [5, 5.41) is 2.98. The Hall–Kier alpha value is -1.83. The van der Waals surface area contributed by atoms with Crippen molar-refractivity contribution in [3.63, 3.8) is 0 Å². The summed E-state index contributed by atoms with van der Waals surface area (Å²) in [6.45, 7) is 7.77. The number of carbonyl (C=O) groups is 1. The molecule has 1 unspecified atom stereocenters. The van der Waals surface area contributed by atoms with Gasteiger partial charge >= 0.3 is 0 Å². The molecule has 2 fully saturated rings. The molecule has 0 saturated carbocycles. The second-order valence-electron chi connectivity index (χ2n) is 7.67. The quantitative estimate of drug-likeness (QED) is 0.821. The molecule has 0 aromatic heterocycles. The highest BCUT2D eigenvalue weighted by molar-refractivity contribution is 5.78. The van der Waals surface area contributed by atoms with Crippen LogP contribution in [0.15, 0.2) is 18.2 Å². The molecule has 2 saturated heterocycles. The molecule has 1 aromatic rings. The zero-order valence-electron chi connectivity index (χ0n) is 16.2. The van der Waals surface area contributed by atoms with Crippen LogP contribution in [-0.2, 0) is 11.3 Å². The first-order valence-electron chi connectivity index (χ1n) is 10.0. The van der Waals surface area contributed by atoms with Gasteiger partial charge in [-0.25, -0.2) is 0 Å². The molecule has 7 nitrogen and oxygen atoms in total. The van der Waals surface area contributed by atoms with Crippen molar-refractivity contribution in [3.8, 4) is 11.5 Å². The minimum absolute atomic E-state index is 0.226. The van der Waals surface area contributed by atoms with Crippen LogP contribution in [0.1, 0.15) is 18.4 Å². The number of amides is 1. The number of piperazine rings is 1. The van der Waals surface area contributed by atoms with Crippen molar-refractivity contribution < 1.29 is 14.3 Å². The summed E-state index contributed by atoms with van der Waals surface area (Å²) in [5.41, 5.74) is 1.27. The van der Waals surface area contributed by atoms with Gasteiger partial charge in [-0.3, -0.25) is 14.6 Å². The van der Waals surface area contributed by atoms with Gasteiger partial charge in [-0.2, -0.15) is 0 Å². The molecule has 3 heterocycles. The molecule has 4 rings (SSSR count). The van der Waals surface area contributed by atoms with E-state index in [0.29, 0.717) is 19.4 Å². The minimum atomic E-state index is 0.226. The predicted octanol–water partition coefficient (Wildman–Crippen LogP) is 0.743. The van der Waals surface area contributed by atoms with Crippen LogP contribution in [0, 0.1) is 0 Å². The lowest BCUT2D eigenvalue weighted by Crippen LogP contribution is -2.56. The lowest BCUT2D eigenvalue weighted by Gasteiger charge is -2.43. The fraction of sp³-hybridized carbons (Fsp3) is 0.650. The van der Waals surface area contributed by atoms with Crippen LogP contribution in [-0.4, -0.2) is 86.3 Å². The largest absolute Gasteiger partial charge is 0.454 e. The standard InChI is InChI=1S/C20H30N4O3/c1-21-12-20(25)24-6-2-3-17(14-24)23-9-7-22(8-10-23)13-16-4-5-18-19(11-16)27-15-26-18/h4-5,11,17,21H,2-3,6-10,12-15H2,1H3. The van der Waals surface area contributed by atoms with Crippen LogP contribution < -0.4 is 14.8 Å². The van der Waals surface area contributed by atoms with Crippen molar-refractivity contribution >= 4 is 5.91 Å². The Kier molecular flexibility index (Phi) is 5.80. The van der Waals surface area contributed by atoms with E-state index in [0.717, 1.165) is 63.7 Å². The number of benzene rings is 1. The number of piperidine rings is 1. The van der Waals surface area contributed by atoms with Crippen molar-refractivity contribution in [2.75, 3.05) is 59.7 Å². The van der Waals surface area contributed by atoms with E-state index in [1.54, 1.807) is 0 Å². The monoisotopic (exact) mass is 374 g/mol. The van der Waals surface area contributed by atoms with Gasteiger partial charge in [-0.1, -0.05) is 6.07 Å². The summed E-state index contributed by atoms with van der Waals surface area (Å²) in [6, 6.07) is 6.74. The molecule has 0 bridgehead atoms. The van der Waals surface area contributed by atoms with Gasteiger partial charge in [0.1, 0.15) is 0 Å². The molecule has 1 atom stereocenters. The highest BCUT2D eigenvalue weighted by Gasteiger charge is 2.29. The van der Waals surface area contributed by atoms with E-state index < -0.39 is 0 Å². The molecule has 27 heavy (non-hydrogen) atoms. The minimum Gasteiger partial charge on any atom is -0.454 e. The highest BCUT2D eigenvalue weighted by atomic mass is 16.7. The molecule has 0 radical (unpaired) electrons. The average molecular weight is 374 g/mol. The van der Waals surface area contributed by atoms with E-state index in [-0.39, 0.29) is 5.91 Å². The molecule has 1 N–H and O–H groups in total. The molecule has 3 aliphatic heterocycles. The molecular weight excluding hydrogens is 344 g/mol. The molecule has 148 valence electrons. The first-order chi connectivity index (χ1) is 13.2. The third-order valence-electron chi connectivity index (χ3n) is 5.84. The molecule has 7 heteroatoms. The van der Waals surface area contributed by atoms with E-state index in [9.17, 15) is 4.79 Å². The smallest absolute Gasteiger partial charge is 0.236 e. The third-order valence-corrected chi connectivity index (χ3v) is 5.84. The maximum atomic E-state index is 12.2. The fourth-order valence-electron chi connectivity index (χ4n) is 4.33. The van der Waals surface area contributed by atoms with Gasteiger partial charge in [0, 0.05) is 51.9 Å². The Balaban J connectivity index is 1.27. The van der Waals surface area contributed by atoms with E-state index >= 15 is 0 Å². The summed E-state index contributed by atoms with van der Waals surface area (Å²) in [6.07, 6.45) is 2.31.